The van der Waals surface area contributed by atoms with E-state index < -0.39 is 0 Å². The highest BCUT2D eigenvalue weighted by molar-refractivity contribution is 5.64. The van der Waals surface area contributed by atoms with Gasteiger partial charge in [-0.1, -0.05) is 12.1 Å². The number of hydrogen-bond donors (Lipinski definition) is 0. The summed E-state index contributed by atoms with van der Waals surface area (Å²) >= 11 is 0. The van der Waals surface area contributed by atoms with Gasteiger partial charge in [0, 0.05) is 13.6 Å². The topological polar surface area (TPSA) is 15.6 Å². The van der Waals surface area contributed by atoms with E-state index in [1.54, 1.807) is 18.5 Å². The molecule has 0 saturated carbocycles. The van der Waals surface area contributed by atoms with E-state index >= 15 is 0 Å². The summed E-state index contributed by atoms with van der Waals surface area (Å²) in [5, 5.41) is 0. The zero-order valence-electron chi connectivity index (χ0n) is 13.1. The third-order valence-corrected chi connectivity index (χ3v) is 3.65. The smallest absolute Gasteiger partial charge is 0.125 e. The summed E-state index contributed by atoms with van der Waals surface area (Å²) < 4.78 is 26.8. The second-order valence-corrected chi connectivity index (χ2v) is 5.33. The summed E-state index contributed by atoms with van der Waals surface area (Å²) in [5.74, 6) is -0.582. The van der Waals surface area contributed by atoms with Crippen LogP contribution in [-0.4, -0.2) is 24.8 Å². The van der Waals surface area contributed by atoms with E-state index in [2.05, 4.69) is 4.99 Å². The molecule has 22 heavy (non-hydrogen) atoms. The molecule has 0 aliphatic rings. The fraction of sp³-hybridized carbons (Fsp3) is 0.278. The van der Waals surface area contributed by atoms with Crippen LogP contribution in [0.15, 0.2) is 41.4 Å². The van der Waals surface area contributed by atoms with Crippen molar-refractivity contribution in [1.29, 1.82) is 0 Å². The van der Waals surface area contributed by atoms with Crippen molar-refractivity contribution >= 4 is 12.0 Å². The van der Waals surface area contributed by atoms with Crippen molar-refractivity contribution in [1.82, 2.24) is 4.90 Å². The summed E-state index contributed by atoms with van der Waals surface area (Å²) in [5.41, 5.74) is 3.36. The van der Waals surface area contributed by atoms with Gasteiger partial charge in [0.1, 0.15) is 11.6 Å². The Balaban J connectivity index is 2.30. The van der Waals surface area contributed by atoms with Crippen LogP contribution in [0, 0.1) is 18.6 Å². The molecule has 0 aliphatic carbocycles. The lowest BCUT2D eigenvalue weighted by molar-refractivity contribution is 0.552. The van der Waals surface area contributed by atoms with E-state index in [9.17, 15) is 8.78 Å². The molecule has 116 valence electrons. The third kappa shape index (κ3) is 4.13. The molecular formula is C18H20F2N2. The average Bonchev–Trinajstić information content (AvgIpc) is 2.50. The van der Waals surface area contributed by atoms with Gasteiger partial charge in [0.2, 0.25) is 0 Å². The minimum absolute atomic E-state index is 0.271. The van der Waals surface area contributed by atoms with Crippen LogP contribution in [0.25, 0.3) is 0 Å². The van der Waals surface area contributed by atoms with Crippen LogP contribution in [0.2, 0.25) is 0 Å². The lowest BCUT2D eigenvalue weighted by atomic mass is 9.99. The molecule has 0 spiro atoms. The summed E-state index contributed by atoms with van der Waals surface area (Å²) in [6, 6.07) is 9.21. The first-order valence-corrected chi connectivity index (χ1v) is 7.27. The van der Waals surface area contributed by atoms with Crippen LogP contribution in [0.5, 0.6) is 0 Å². The first-order chi connectivity index (χ1) is 10.5. The first kappa shape index (κ1) is 16.1. The van der Waals surface area contributed by atoms with E-state index in [0.29, 0.717) is 12.1 Å². The molecule has 0 saturated heterocycles. The van der Waals surface area contributed by atoms with E-state index in [1.807, 2.05) is 25.8 Å². The lowest BCUT2D eigenvalue weighted by Gasteiger charge is -2.12. The van der Waals surface area contributed by atoms with Crippen LogP contribution < -0.4 is 0 Å². The summed E-state index contributed by atoms with van der Waals surface area (Å²) in [6.45, 7) is 4.78. The molecule has 0 amide bonds. The van der Waals surface area contributed by atoms with Gasteiger partial charge in [0.25, 0.3) is 0 Å². The Kier molecular flexibility index (Phi) is 5.26. The molecular weight excluding hydrogens is 282 g/mol. The zero-order valence-corrected chi connectivity index (χ0v) is 13.1. The van der Waals surface area contributed by atoms with Gasteiger partial charge in [-0.3, -0.25) is 0 Å². The molecule has 0 radical (unpaired) electrons. The number of aliphatic imine (C=N–C) groups is 1. The molecule has 0 aliphatic heterocycles. The van der Waals surface area contributed by atoms with Gasteiger partial charge in [0.15, 0.2) is 0 Å². The highest BCUT2D eigenvalue weighted by atomic mass is 19.1. The number of hydrogen-bond acceptors (Lipinski definition) is 1. The van der Waals surface area contributed by atoms with Crippen LogP contribution in [0.4, 0.5) is 14.5 Å². The molecule has 2 nitrogen and oxygen atoms in total. The van der Waals surface area contributed by atoms with Crippen molar-refractivity contribution in [3.8, 4) is 0 Å². The van der Waals surface area contributed by atoms with E-state index in [-0.39, 0.29) is 11.6 Å². The Hall–Kier alpha value is -2.23. The van der Waals surface area contributed by atoms with Crippen molar-refractivity contribution in [3.63, 3.8) is 0 Å². The highest BCUT2D eigenvalue weighted by Gasteiger charge is 2.08. The van der Waals surface area contributed by atoms with Gasteiger partial charge >= 0.3 is 0 Å². The number of rotatable bonds is 5. The van der Waals surface area contributed by atoms with Crippen molar-refractivity contribution in [2.75, 3.05) is 13.6 Å². The molecule has 0 unspecified atom stereocenters. The Labute approximate surface area is 130 Å². The van der Waals surface area contributed by atoms with Crippen molar-refractivity contribution < 1.29 is 8.78 Å². The molecule has 2 aromatic carbocycles. The van der Waals surface area contributed by atoms with Gasteiger partial charge in [0.05, 0.1) is 12.0 Å². The third-order valence-electron chi connectivity index (χ3n) is 3.65. The fourth-order valence-electron chi connectivity index (χ4n) is 2.10. The molecule has 0 heterocycles. The molecule has 0 aromatic heterocycles. The van der Waals surface area contributed by atoms with Crippen molar-refractivity contribution in [2.45, 2.75) is 20.3 Å². The molecule has 0 bridgehead atoms. The molecule has 4 heteroatoms. The summed E-state index contributed by atoms with van der Waals surface area (Å²) in [6.07, 6.45) is 2.25. The SMILES string of the molecule is CCN(C)/C=N/c1cc(F)cc(Cc2ccc(F)cc2)c1C. The van der Waals surface area contributed by atoms with Gasteiger partial charge in [-0.15, -0.1) is 0 Å². The fourth-order valence-corrected chi connectivity index (χ4v) is 2.10. The molecule has 0 atom stereocenters. The Morgan fingerprint density at radius 1 is 1.09 bits per heavy atom. The largest absolute Gasteiger partial charge is 0.366 e. The van der Waals surface area contributed by atoms with Gasteiger partial charge in [-0.25, -0.2) is 13.8 Å². The predicted octanol–water partition coefficient (Wildman–Crippen LogP) is 4.48. The number of halogens is 2. The summed E-state index contributed by atoms with van der Waals surface area (Å²) in [4.78, 5) is 6.28. The molecule has 2 aromatic rings. The Morgan fingerprint density at radius 3 is 2.41 bits per heavy atom. The molecule has 2 rings (SSSR count). The van der Waals surface area contributed by atoms with Crippen LogP contribution in [-0.2, 0) is 6.42 Å². The standard InChI is InChI=1S/C18H20F2N2/c1-4-22(3)12-21-18-11-17(20)10-15(13(18)2)9-14-5-7-16(19)8-6-14/h5-8,10-12H,4,9H2,1-3H3/b21-12+. The normalized spacial score (nSPS) is 11.1. The van der Waals surface area contributed by atoms with Gasteiger partial charge < -0.3 is 4.90 Å². The van der Waals surface area contributed by atoms with Crippen LogP contribution in [0.3, 0.4) is 0 Å². The quantitative estimate of drug-likeness (QED) is 0.587. The highest BCUT2D eigenvalue weighted by Crippen LogP contribution is 2.25. The summed E-state index contributed by atoms with van der Waals surface area (Å²) in [7, 11) is 1.91. The maximum Gasteiger partial charge on any atom is 0.125 e. The second-order valence-electron chi connectivity index (χ2n) is 5.33. The minimum atomic E-state index is -0.311. The maximum atomic E-state index is 13.8. The predicted molar refractivity (Wildman–Crippen MR) is 86.8 cm³/mol. The van der Waals surface area contributed by atoms with E-state index in [4.69, 9.17) is 0 Å². The first-order valence-electron chi connectivity index (χ1n) is 7.27. The maximum absolute atomic E-state index is 13.8. The number of benzene rings is 2. The van der Waals surface area contributed by atoms with Gasteiger partial charge in [-0.2, -0.15) is 0 Å². The van der Waals surface area contributed by atoms with E-state index in [1.165, 1.54) is 24.3 Å². The second kappa shape index (κ2) is 7.16. The van der Waals surface area contributed by atoms with Crippen molar-refractivity contribution in [2.24, 2.45) is 4.99 Å². The van der Waals surface area contributed by atoms with Gasteiger partial charge in [-0.05, 0) is 61.2 Å². The Morgan fingerprint density at radius 2 is 1.77 bits per heavy atom. The Bertz CT molecular complexity index is 664. The van der Waals surface area contributed by atoms with Crippen LogP contribution in [0.1, 0.15) is 23.6 Å². The monoisotopic (exact) mass is 302 g/mol. The van der Waals surface area contributed by atoms with E-state index in [0.717, 1.165) is 23.2 Å². The molecule has 0 fully saturated rings. The molecule has 0 N–H and O–H groups in total. The minimum Gasteiger partial charge on any atom is -0.366 e. The number of nitrogens with zero attached hydrogens (tertiary/aromatic N) is 2. The van der Waals surface area contributed by atoms with Crippen molar-refractivity contribution in [3.05, 3.63) is 64.7 Å². The lowest BCUT2D eigenvalue weighted by Crippen LogP contribution is -2.14. The zero-order chi connectivity index (χ0) is 16.1. The average molecular weight is 302 g/mol. The van der Waals surface area contributed by atoms with Crippen LogP contribution >= 0.6 is 0 Å².